The summed E-state index contributed by atoms with van der Waals surface area (Å²) in [7, 11) is -3.54. The Morgan fingerprint density at radius 3 is 2.51 bits per heavy atom. The molecule has 258 valence electrons. The van der Waals surface area contributed by atoms with Gasteiger partial charge in [0.1, 0.15) is 0 Å². The van der Waals surface area contributed by atoms with Gasteiger partial charge < -0.3 is 34.4 Å². The van der Waals surface area contributed by atoms with E-state index < -0.39 is 37.6 Å². The van der Waals surface area contributed by atoms with E-state index in [1.165, 1.54) is 0 Å². The van der Waals surface area contributed by atoms with Crippen molar-refractivity contribution in [1.29, 1.82) is 0 Å². The molecule has 0 aromatic heterocycles. The van der Waals surface area contributed by atoms with Gasteiger partial charge in [-0.25, -0.2) is 0 Å². The highest BCUT2D eigenvalue weighted by Crippen LogP contribution is 2.60. The van der Waals surface area contributed by atoms with Crippen LogP contribution in [0.3, 0.4) is 0 Å². The summed E-state index contributed by atoms with van der Waals surface area (Å²) in [5.74, 6) is -1.26. The Labute approximate surface area is 288 Å². The minimum Gasteiger partial charge on any atom is -0.394 e. The summed E-state index contributed by atoms with van der Waals surface area (Å²) >= 11 is 0. The summed E-state index contributed by atoms with van der Waals surface area (Å²) in [6.45, 7) is 6.35. The van der Waals surface area contributed by atoms with Crippen LogP contribution in [0.1, 0.15) is 48.4 Å². The van der Waals surface area contributed by atoms with E-state index in [4.69, 9.17) is 4.74 Å². The van der Waals surface area contributed by atoms with Crippen molar-refractivity contribution < 1.29 is 28.3 Å². The van der Waals surface area contributed by atoms with Gasteiger partial charge in [0.25, 0.3) is 5.91 Å². The first-order valence-corrected chi connectivity index (χ1v) is 20.3. The van der Waals surface area contributed by atoms with E-state index in [-0.39, 0.29) is 43.3 Å². The number of rotatable bonds is 8. The highest BCUT2D eigenvalue weighted by molar-refractivity contribution is 6.72. The van der Waals surface area contributed by atoms with E-state index in [1.807, 2.05) is 67.6 Å². The molecular formula is C38H45FN4O5Si. The molecule has 3 aromatic carbocycles. The molecule has 49 heavy (non-hydrogen) atoms. The van der Waals surface area contributed by atoms with Gasteiger partial charge in [0.05, 0.1) is 43.4 Å². The molecule has 0 radical (unpaired) electrons. The van der Waals surface area contributed by atoms with Crippen LogP contribution in [0.5, 0.6) is 0 Å². The number of hydrogen-bond acceptors (Lipinski definition) is 6. The topological polar surface area (TPSA) is 111 Å². The molecule has 3 aromatic rings. The standard InChI is InChI=1S/C38H45FN4O5Si/c1-24-35(49(2,3)39)33(20-34(45)42-22-27-13-8-7-12-26(27)18-29(42)23-44)48-38(24)30-19-28(41-36(46)31-14-9-17-40-31)15-16-32(30)43(37(38)47)21-25-10-5-4-6-11-25/h4-8,10-13,15-16,19,24,29,31,33,35,40,44H,9,14,17-18,20-23H2,1-3H3,(H,41,46)/t24-,29-,31+,33+,35-,38+/m0/s1. The van der Waals surface area contributed by atoms with Crippen LogP contribution in [-0.2, 0) is 44.2 Å². The Kier molecular flexibility index (Phi) is 8.97. The number of fused-ring (bicyclic) bond motifs is 3. The van der Waals surface area contributed by atoms with Crippen molar-refractivity contribution in [3.05, 3.63) is 95.1 Å². The zero-order chi connectivity index (χ0) is 34.5. The number of halogens is 1. The van der Waals surface area contributed by atoms with Gasteiger partial charge in [-0.1, -0.05) is 61.5 Å². The SMILES string of the molecule is C[C@H]1[C@H]([Si](C)(C)F)[C@@H](CC(=O)N2Cc3ccccc3C[C@H]2CO)O[C@]12C(=O)N(Cc1ccccc1)c1ccc(NC(=O)[C@H]3CCCN3)cc12. The van der Waals surface area contributed by atoms with E-state index in [9.17, 15) is 19.5 Å². The number of aliphatic hydroxyl groups is 1. The molecule has 0 bridgehead atoms. The number of aliphatic hydroxyl groups excluding tert-OH is 1. The first-order valence-electron chi connectivity index (χ1n) is 17.4. The van der Waals surface area contributed by atoms with Gasteiger partial charge in [-0.05, 0) is 73.8 Å². The number of hydrogen-bond donors (Lipinski definition) is 3. The maximum atomic E-state index is 16.5. The molecular weight excluding hydrogens is 640 g/mol. The van der Waals surface area contributed by atoms with Crippen LogP contribution in [0.4, 0.5) is 15.5 Å². The van der Waals surface area contributed by atoms with Crippen LogP contribution in [0, 0.1) is 5.92 Å². The highest BCUT2D eigenvalue weighted by Gasteiger charge is 2.67. The van der Waals surface area contributed by atoms with Crippen LogP contribution >= 0.6 is 0 Å². The fraction of sp³-hybridized carbons (Fsp3) is 0.447. The van der Waals surface area contributed by atoms with E-state index >= 15 is 4.11 Å². The largest absolute Gasteiger partial charge is 0.394 e. The summed E-state index contributed by atoms with van der Waals surface area (Å²) in [5, 5.41) is 16.5. The van der Waals surface area contributed by atoms with Gasteiger partial charge in [0.15, 0.2) is 5.60 Å². The molecule has 3 N–H and O–H groups in total. The Morgan fingerprint density at radius 1 is 1.08 bits per heavy atom. The number of benzene rings is 3. The predicted molar refractivity (Wildman–Crippen MR) is 188 cm³/mol. The zero-order valence-electron chi connectivity index (χ0n) is 28.3. The van der Waals surface area contributed by atoms with E-state index in [0.717, 1.165) is 36.1 Å². The molecule has 1 spiro atoms. The van der Waals surface area contributed by atoms with Crippen molar-refractivity contribution >= 4 is 37.5 Å². The summed E-state index contributed by atoms with van der Waals surface area (Å²) < 4.78 is 23.4. The zero-order valence-corrected chi connectivity index (χ0v) is 29.3. The summed E-state index contributed by atoms with van der Waals surface area (Å²) in [4.78, 5) is 45.5. The Morgan fingerprint density at radius 2 is 1.82 bits per heavy atom. The molecule has 2 saturated heterocycles. The fourth-order valence-electron chi connectivity index (χ4n) is 8.72. The minimum atomic E-state index is -3.54. The average molecular weight is 685 g/mol. The lowest BCUT2D eigenvalue weighted by Gasteiger charge is -2.37. The second kappa shape index (κ2) is 13.1. The number of nitrogens with one attached hydrogen (secondary N) is 2. The maximum Gasteiger partial charge on any atom is 0.264 e. The molecule has 0 saturated carbocycles. The molecule has 4 heterocycles. The van der Waals surface area contributed by atoms with Crippen LogP contribution in [-0.4, -0.2) is 67.5 Å². The highest BCUT2D eigenvalue weighted by atomic mass is 28.4. The van der Waals surface area contributed by atoms with Gasteiger partial charge in [0.2, 0.25) is 20.2 Å². The van der Waals surface area contributed by atoms with Gasteiger partial charge in [-0.3, -0.25) is 14.4 Å². The van der Waals surface area contributed by atoms with E-state index in [0.29, 0.717) is 29.9 Å². The third-order valence-electron chi connectivity index (χ3n) is 11.1. The molecule has 3 amide bonds. The molecule has 6 atom stereocenters. The van der Waals surface area contributed by atoms with Crippen molar-refractivity contribution in [2.45, 2.75) is 88.1 Å². The van der Waals surface area contributed by atoms with Gasteiger partial charge in [0, 0.05) is 29.3 Å². The molecule has 4 aliphatic rings. The number of amides is 3. The van der Waals surface area contributed by atoms with Crippen molar-refractivity contribution in [3.63, 3.8) is 0 Å². The first kappa shape index (κ1) is 33.6. The van der Waals surface area contributed by atoms with E-state index in [1.54, 1.807) is 35.0 Å². The smallest absolute Gasteiger partial charge is 0.264 e. The maximum absolute atomic E-state index is 16.5. The molecule has 11 heteroatoms. The van der Waals surface area contributed by atoms with Gasteiger partial charge >= 0.3 is 0 Å². The molecule has 7 rings (SSSR count). The number of carbonyl (C=O) groups excluding carboxylic acids is 3. The predicted octanol–water partition coefficient (Wildman–Crippen LogP) is 5.03. The number of nitrogens with zero attached hydrogens (tertiary/aromatic N) is 2. The first-order chi connectivity index (χ1) is 23.5. The molecule has 4 aliphatic heterocycles. The van der Waals surface area contributed by atoms with Crippen molar-refractivity contribution in [1.82, 2.24) is 10.2 Å². The van der Waals surface area contributed by atoms with Crippen molar-refractivity contribution in [3.8, 4) is 0 Å². The molecule has 0 aliphatic carbocycles. The molecule has 9 nitrogen and oxygen atoms in total. The molecule has 2 fully saturated rings. The van der Waals surface area contributed by atoms with Gasteiger partial charge in [-0.2, -0.15) is 0 Å². The fourth-order valence-corrected chi connectivity index (χ4v) is 11.2. The summed E-state index contributed by atoms with van der Waals surface area (Å²) in [6.07, 6.45) is 1.23. The molecule has 0 unspecified atom stereocenters. The van der Waals surface area contributed by atoms with Crippen LogP contribution < -0.4 is 15.5 Å². The lowest BCUT2D eigenvalue weighted by Crippen LogP contribution is -2.48. The second-order valence-corrected chi connectivity index (χ2v) is 18.3. The Hall–Kier alpha value is -3.90. The van der Waals surface area contributed by atoms with E-state index in [2.05, 4.69) is 10.6 Å². The average Bonchev–Trinajstić information content (AvgIpc) is 3.78. The number of ether oxygens (including phenoxy) is 1. The number of anilines is 2. The van der Waals surface area contributed by atoms with Crippen LogP contribution in [0.25, 0.3) is 0 Å². The summed E-state index contributed by atoms with van der Waals surface area (Å²) in [5.41, 5.74) is 2.59. The Balaban J connectivity index is 1.25. The van der Waals surface area contributed by atoms with Crippen LogP contribution in [0.15, 0.2) is 72.8 Å². The second-order valence-electron chi connectivity index (χ2n) is 14.6. The lowest BCUT2D eigenvalue weighted by molar-refractivity contribution is -0.151. The Bertz CT molecular complexity index is 1750. The minimum absolute atomic E-state index is 0.110. The quantitative estimate of drug-likeness (QED) is 0.227. The third kappa shape index (κ3) is 6.00. The van der Waals surface area contributed by atoms with Gasteiger partial charge in [-0.15, -0.1) is 0 Å². The monoisotopic (exact) mass is 684 g/mol. The van der Waals surface area contributed by atoms with Crippen molar-refractivity contribution in [2.75, 3.05) is 23.4 Å². The summed E-state index contributed by atoms with van der Waals surface area (Å²) in [6, 6.07) is 22.3. The normalized spacial score (nSPS) is 27.8. The lowest BCUT2D eigenvalue weighted by atomic mass is 9.82. The third-order valence-corrected chi connectivity index (χ3v) is 13.5. The van der Waals surface area contributed by atoms with Crippen molar-refractivity contribution in [2.24, 2.45) is 5.92 Å². The van der Waals surface area contributed by atoms with Crippen LogP contribution in [0.2, 0.25) is 18.6 Å². The number of carbonyl (C=O) groups is 3.